The molecule has 154 valence electrons. The van der Waals surface area contributed by atoms with Gasteiger partial charge < -0.3 is 30.5 Å². The van der Waals surface area contributed by atoms with E-state index < -0.39 is 31.1 Å². The van der Waals surface area contributed by atoms with E-state index in [1.54, 1.807) is 11.7 Å². The van der Waals surface area contributed by atoms with Gasteiger partial charge in [-0.05, 0) is 17.7 Å². The number of nitrogen functional groups attached to an aromatic ring is 1. The average Bonchev–Trinajstić information content (AvgIpc) is 3.25. The van der Waals surface area contributed by atoms with Crippen molar-refractivity contribution in [3.8, 4) is 5.75 Å². The molecule has 0 saturated carbocycles. The minimum absolute atomic E-state index is 0.201. The molecule has 1 aliphatic rings. The van der Waals surface area contributed by atoms with Gasteiger partial charge in [-0.1, -0.05) is 23.9 Å². The number of thioether (sulfide) groups is 1. The maximum atomic E-state index is 10.5. The molecule has 0 spiro atoms. The molecule has 3 aromatic rings. The van der Waals surface area contributed by atoms with Crippen LogP contribution in [-0.2, 0) is 10.5 Å². The Morgan fingerprint density at radius 1 is 1.21 bits per heavy atom. The first-order valence-electron chi connectivity index (χ1n) is 8.90. The fourth-order valence-electron chi connectivity index (χ4n) is 3.20. The Labute approximate surface area is 170 Å². The third-order valence-corrected chi connectivity index (χ3v) is 5.80. The highest BCUT2D eigenvalue weighted by Crippen LogP contribution is 2.37. The van der Waals surface area contributed by atoms with Crippen LogP contribution in [0, 0.1) is 0 Å². The van der Waals surface area contributed by atoms with E-state index in [0.29, 0.717) is 22.1 Å². The van der Waals surface area contributed by atoms with Gasteiger partial charge in [0.15, 0.2) is 28.4 Å². The maximum Gasteiger partial charge on any atom is 0.172 e. The summed E-state index contributed by atoms with van der Waals surface area (Å²) in [5.41, 5.74) is 7.74. The summed E-state index contributed by atoms with van der Waals surface area (Å²) in [5, 5.41) is 30.6. The minimum atomic E-state index is -1.26. The van der Waals surface area contributed by atoms with Crippen LogP contribution in [0.1, 0.15) is 11.8 Å². The van der Waals surface area contributed by atoms with Crippen molar-refractivity contribution in [2.45, 2.75) is 35.4 Å². The third-order valence-electron chi connectivity index (χ3n) is 4.77. The largest absolute Gasteiger partial charge is 0.497 e. The second kappa shape index (κ2) is 8.13. The number of benzene rings is 1. The number of ether oxygens (including phenoxy) is 2. The second-order valence-corrected chi connectivity index (χ2v) is 7.50. The Bertz CT molecular complexity index is 998. The zero-order chi connectivity index (χ0) is 20.5. The molecule has 11 heteroatoms. The number of aromatic nitrogens is 4. The van der Waals surface area contributed by atoms with Crippen LogP contribution in [0.25, 0.3) is 11.2 Å². The van der Waals surface area contributed by atoms with Crippen LogP contribution in [-0.4, -0.2) is 66.9 Å². The van der Waals surface area contributed by atoms with Gasteiger partial charge in [-0.3, -0.25) is 4.57 Å². The molecule has 1 fully saturated rings. The fraction of sp³-hybridized carbons (Fsp3) is 0.389. The number of imidazole rings is 1. The monoisotopic (exact) mass is 419 g/mol. The summed E-state index contributed by atoms with van der Waals surface area (Å²) in [6, 6.07) is 7.63. The summed E-state index contributed by atoms with van der Waals surface area (Å²) in [6.45, 7) is -0.424. The normalized spacial score (nSPS) is 24.3. The lowest BCUT2D eigenvalue weighted by Crippen LogP contribution is -2.33. The number of nitrogens with zero attached hydrogens (tertiary/aromatic N) is 4. The van der Waals surface area contributed by atoms with Crippen molar-refractivity contribution in [2.24, 2.45) is 0 Å². The SMILES string of the molecule is COc1ccc(CSc2nc3c(N)ncnc3n2[C@@H]2O[C@H](CO)[C@@H](O)[C@H]2O)cc1. The second-order valence-electron chi connectivity index (χ2n) is 6.56. The Morgan fingerprint density at radius 3 is 2.62 bits per heavy atom. The van der Waals surface area contributed by atoms with Crippen LogP contribution in [0.4, 0.5) is 5.82 Å². The summed E-state index contributed by atoms with van der Waals surface area (Å²) >= 11 is 1.40. The van der Waals surface area contributed by atoms with E-state index in [1.807, 2.05) is 24.3 Å². The first-order chi connectivity index (χ1) is 14.0. The van der Waals surface area contributed by atoms with E-state index in [0.717, 1.165) is 11.3 Å². The minimum Gasteiger partial charge on any atom is -0.497 e. The van der Waals surface area contributed by atoms with Crippen LogP contribution < -0.4 is 10.5 Å². The predicted octanol–water partition coefficient (Wildman–Crippen LogP) is 0.321. The van der Waals surface area contributed by atoms with E-state index in [2.05, 4.69) is 15.0 Å². The summed E-state index contributed by atoms with van der Waals surface area (Å²) in [5.74, 6) is 1.54. The van der Waals surface area contributed by atoms with Gasteiger partial charge in [-0.25, -0.2) is 15.0 Å². The van der Waals surface area contributed by atoms with Gasteiger partial charge in [0, 0.05) is 5.75 Å². The molecule has 10 nitrogen and oxygen atoms in total. The van der Waals surface area contributed by atoms with Gasteiger partial charge >= 0.3 is 0 Å². The van der Waals surface area contributed by atoms with Crippen LogP contribution in [0.2, 0.25) is 0 Å². The molecule has 1 aromatic carbocycles. The molecular formula is C18H21N5O5S. The maximum absolute atomic E-state index is 10.5. The molecule has 5 N–H and O–H groups in total. The van der Waals surface area contributed by atoms with E-state index in [4.69, 9.17) is 15.2 Å². The van der Waals surface area contributed by atoms with Gasteiger partial charge in [0.25, 0.3) is 0 Å². The molecule has 3 heterocycles. The average molecular weight is 419 g/mol. The Morgan fingerprint density at radius 2 is 1.97 bits per heavy atom. The van der Waals surface area contributed by atoms with Gasteiger partial charge in [0.2, 0.25) is 0 Å². The Hall–Kier alpha value is -2.44. The summed E-state index contributed by atoms with van der Waals surface area (Å²) in [4.78, 5) is 12.7. The number of methoxy groups -OCH3 is 1. The zero-order valence-electron chi connectivity index (χ0n) is 15.5. The molecule has 1 aliphatic heterocycles. The molecule has 0 radical (unpaired) electrons. The standard InChI is InChI=1S/C18H21N5O5S/c1-27-10-4-2-9(3-5-10)7-29-18-22-12-15(19)20-8-21-16(12)23(18)17-14(26)13(25)11(6-24)28-17/h2-5,8,11,13-14,17,24-26H,6-7H2,1H3,(H2,19,20,21)/t11-,13-,14-,17-/m1/s1. The number of aliphatic hydroxyl groups is 3. The van der Waals surface area contributed by atoms with Crippen LogP contribution in [0.5, 0.6) is 5.75 Å². The van der Waals surface area contributed by atoms with E-state index in [1.165, 1.54) is 18.1 Å². The smallest absolute Gasteiger partial charge is 0.172 e. The summed E-state index contributed by atoms with van der Waals surface area (Å²) < 4.78 is 12.5. The zero-order valence-corrected chi connectivity index (χ0v) is 16.4. The molecule has 0 unspecified atom stereocenters. The summed E-state index contributed by atoms with van der Waals surface area (Å²) in [7, 11) is 1.61. The van der Waals surface area contributed by atoms with Crippen molar-refractivity contribution >= 4 is 28.7 Å². The molecule has 4 atom stereocenters. The third kappa shape index (κ3) is 3.63. The number of hydrogen-bond donors (Lipinski definition) is 4. The molecule has 4 rings (SSSR count). The number of rotatable bonds is 6. The highest BCUT2D eigenvalue weighted by Gasteiger charge is 2.45. The van der Waals surface area contributed by atoms with Crippen molar-refractivity contribution in [1.82, 2.24) is 19.5 Å². The number of fused-ring (bicyclic) bond motifs is 1. The number of nitrogens with two attached hydrogens (primary N) is 1. The quantitative estimate of drug-likeness (QED) is 0.412. The van der Waals surface area contributed by atoms with Crippen molar-refractivity contribution in [3.63, 3.8) is 0 Å². The van der Waals surface area contributed by atoms with Crippen molar-refractivity contribution < 1.29 is 24.8 Å². The number of anilines is 1. The molecular weight excluding hydrogens is 398 g/mol. The Balaban J connectivity index is 1.69. The lowest BCUT2D eigenvalue weighted by atomic mass is 10.1. The van der Waals surface area contributed by atoms with Crippen molar-refractivity contribution in [1.29, 1.82) is 0 Å². The number of hydrogen-bond acceptors (Lipinski definition) is 10. The first kappa shape index (κ1) is 19.9. The molecule has 2 aromatic heterocycles. The van der Waals surface area contributed by atoms with Gasteiger partial charge in [-0.2, -0.15) is 0 Å². The van der Waals surface area contributed by atoms with E-state index in [-0.39, 0.29) is 5.82 Å². The van der Waals surface area contributed by atoms with Crippen molar-refractivity contribution in [2.75, 3.05) is 19.5 Å². The highest BCUT2D eigenvalue weighted by molar-refractivity contribution is 7.98. The topological polar surface area (TPSA) is 149 Å². The molecule has 29 heavy (non-hydrogen) atoms. The molecule has 0 aliphatic carbocycles. The highest BCUT2D eigenvalue weighted by atomic mass is 32.2. The van der Waals surface area contributed by atoms with E-state index in [9.17, 15) is 15.3 Å². The lowest BCUT2D eigenvalue weighted by Gasteiger charge is -2.19. The van der Waals surface area contributed by atoms with Gasteiger partial charge in [0.1, 0.15) is 30.4 Å². The van der Waals surface area contributed by atoms with Gasteiger partial charge in [0.05, 0.1) is 13.7 Å². The van der Waals surface area contributed by atoms with Crippen LogP contribution >= 0.6 is 11.8 Å². The molecule has 0 amide bonds. The first-order valence-corrected chi connectivity index (χ1v) is 9.88. The molecule has 1 saturated heterocycles. The van der Waals surface area contributed by atoms with Crippen LogP contribution in [0.3, 0.4) is 0 Å². The van der Waals surface area contributed by atoms with E-state index >= 15 is 0 Å². The summed E-state index contributed by atoms with van der Waals surface area (Å²) in [6.07, 6.45) is -3.08. The van der Waals surface area contributed by atoms with Gasteiger partial charge in [-0.15, -0.1) is 0 Å². The van der Waals surface area contributed by atoms with Crippen molar-refractivity contribution in [3.05, 3.63) is 36.2 Å². The molecule has 0 bridgehead atoms. The lowest BCUT2D eigenvalue weighted by molar-refractivity contribution is -0.0548. The Kier molecular flexibility index (Phi) is 5.56. The van der Waals surface area contributed by atoms with Crippen LogP contribution in [0.15, 0.2) is 35.7 Å². The predicted molar refractivity (Wildman–Crippen MR) is 105 cm³/mol. The fourth-order valence-corrected chi connectivity index (χ4v) is 4.17. The number of aliphatic hydroxyl groups excluding tert-OH is 3.